The van der Waals surface area contributed by atoms with Crippen molar-refractivity contribution < 1.29 is 18.0 Å². The van der Waals surface area contributed by atoms with Crippen molar-refractivity contribution in [2.75, 3.05) is 18.8 Å². The number of hydrogen-bond acceptors (Lipinski definition) is 4. The van der Waals surface area contributed by atoms with Crippen LogP contribution in [0.4, 0.5) is 4.79 Å². The van der Waals surface area contributed by atoms with Crippen molar-refractivity contribution in [3.63, 3.8) is 0 Å². The number of urea groups is 1. The maximum atomic E-state index is 13.4. The smallest absolute Gasteiger partial charge is 0.318 e. The maximum absolute atomic E-state index is 13.4. The van der Waals surface area contributed by atoms with Gasteiger partial charge in [0.15, 0.2) is 9.84 Å². The van der Waals surface area contributed by atoms with Gasteiger partial charge in [-0.25, -0.2) is 13.2 Å². The molecule has 0 aromatic heterocycles. The molecule has 8 heteroatoms. The van der Waals surface area contributed by atoms with Crippen LogP contribution in [0.25, 0.3) is 0 Å². The number of nitrogens with zero attached hydrogens (tertiary/aromatic N) is 1. The summed E-state index contributed by atoms with van der Waals surface area (Å²) >= 11 is 0. The van der Waals surface area contributed by atoms with Gasteiger partial charge in [0.2, 0.25) is 5.91 Å². The Morgan fingerprint density at radius 3 is 2.19 bits per heavy atom. The highest BCUT2D eigenvalue weighted by Crippen LogP contribution is 2.15. The lowest BCUT2D eigenvalue weighted by Crippen LogP contribution is -2.52. The van der Waals surface area contributed by atoms with Crippen molar-refractivity contribution in [3.05, 3.63) is 78.0 Å². The lowest BCUT2D eigenvalue weighted by Gasteiger charge is -2.29. The predicted octanol–water partition coefficient (Wildman–Crippen LogP) is 4.70. The number of piperidine rings is 1. The fourth-order valence-corrected chi connectivity index (χ4v) is 5.54. The van der Waals surface area contributed by atoms with E-state index in [9.17, 15) is 18.0 Å². The van der Waals surface area contributed by atoms with Crippen LogP contribution in [0.5, 0.6) is 0 Å². The van der Waals surface area contributed by atoms with Gasteiger partial charge < -0.3 is 15.5 Å². The second kappa shape index (κ2) is 14.0. The van der Waals surface area contributed by atoms with Gasteiger partial charge in [-0.1, -0.05) is 62.4 Å². The molecular weight excluding hydrogens is 486 g/mol. The average Bonchev–Trinajstić information content (AvgIpc) is 2.91. The Hall–Kier alpha value is -3.13. The number of amides is 3. The minimum atomic E-state index is -3.55. The Labute approximate surface area is 221 Å². The monoisotopic (exact) mass is 525 g/mol. The van der Waals surface area contributed by atoms with Crippen LogP contribution in [-0.4, -0.2) is 50.1 Å². The first-order chi connectivity index (χ1) is 17.7. The fourth-order valence-electron chi connectivity index (χ4n) is 4.36. The third-order valence-electron chi connectivity index (χ3n) is 6.43. The lowest BCUT2D eigenvalue weighted by atomic mass is 10.0. The number of benzene rings is 2. The van der Waals surface area contributed by atoms with Crippen molar-refractivity contribution >= 4 is 21.8 Å². The average molecular weight is 526 g/mol. The zero-order valence-electron chi connectivity index (χ0n) is 21.9. The summed E-state index contributed by atoms with van der Waals surface area (Å²) < 4.78 is 25.8. The molecule has 2 aromatic rings. The summed E-state index contributed by atoms with van der Waals surface area (Å²) in [6.45, 7) is 5.40. The highest BCUT2D eigenvalue weighted by Gasteiger charge is 2.26. The number of allylic oxidation sites excluding steroid dienone is 1. The Morgan fingerprint density at radius 2 is 1.57 bits per heavy atom. The van der Waals surface area contributed by atoms with Gasteiger partial charge in [-0.05, 0) is 68.2 Å². The Balaban J connectivity index is 1.75. The van der Waals surface area contributed by atoms with E-state index in [0.717, 1.165) is 24.8 Å². The Morgan fingerprint density at radius 1 is 0.946 bits per heavy atom. The molecule has 2 aromatic carbocycles. The van der Waals surface area contributed by atoms with E-state index in [1.54, 1.807) is 41.3 Å². The molecule has 1 aliphatic heterocycles. The standard InChI is InChI=1S/C29H39N3O4S/c1-23(2)22-27(31-29(34)32-19-10-5-11-20-32)28(33)30-25(17-16-24-12-6-3-7-13-24)18-21-37(35,36)26-14-8-4-9-15-26/h3-4,6-9,12-15,18,23,27H,5,10-11,16-17,19-22H2,1-2H3,(H,30,33)(H,31,34)/b25-18+/t27-/m0/s1. The zero-order valence-corrected chi connectivity index (χ0v) is 22.7. The summed E-state index contributed by atoms with van der Waals surface area (Å²) in [5, 5.41) is 5.87. The molecule has 0 spiro atoms. The molecule has 0 radical (unpaired) electrons. The number of carbonyl (C=O) groups excluding carboxylic acids is 2. The highest BCUT2D eigenvalue weighted by molar-refractivity contribution is 7.91. The minimum absolute atomic E-state index is 0.188. The summed E-state index contributed by atoms with van der Waals surface area (Å²) in [6.07, 6.45) is 6.23. The number of nitrogens with one attached hydrogen (secondary N) is 2. The zero-order chi connectivity index (χ0) is 26.7. The number of likely N-dealkylation sites (tertiary alicyclic amines) is 1. The molecule has 1 aliphatic rings. The van der Waals surface area contributed by atoms with E-state index in [1.165, 1.54) is 0 Å². The van der Waals surface area contributed by atoms with E-state index < -0.39 is 15.9 Å². The van der Waals surface area contributed by atoms with Crippen molar-refractivity contribution in [1.29, 1.82) is 0 Å². The normalized spacial score (nSPS) is 15.3. The van der Waals surface area contributed by atoms with Crippen LogP contribution in [0.2, 0.25) is 0 Å². The summed E-state index contributed by atoms with van der Waals surface area (Å²) in [5.74, 6) is -0.362. The maximum Gasteiger partial charge on any atom is 0.318 e. The van der Waals surface area contributed by atoms with E-state index in [0.29, 0.717) is 38.0 Å². The number of rotatable bonds is 11. The quantitative estimate of drug-likeness (QED) is 0.444. The van der Waals surface area contributed by atoms with Crippen LogP contribution in [0.15, 0.2) is 77.3 Å². The number of sulfone groups is 1. The molecule has 200 valence electrons. The summed E-state index contributed by atoms with van der Waals surface area (Å²) in [6, 6.07) is 17.2. The van der Waals surface area contributed by atoms with Crippen LogP contribution in [0, 0.1) is 5.92 Å². The molecule has 0 bridgehead atoms. The van der Waals surface area contributed by atoms with Crippen LogP contribution in [0.1, 0.15) is 51.5 Å². The third-order valence-corrected chi connectivity index (χ3v) is 8.02. The molecule has 0 aliphatic carbocycles. The molecule has 1 fully saturated rings. The van der Waals surface area contributed by atoms with Crippen LogP contribution < -0.4 is 10.6 Å². The summed E-state index contributed by atoms with van der Waals surface area (Å²) in [4.78, 5) is 28.2. The molecule has 0 saturated carbocycles. The number of aryl methyl sites for hydroxylation is 1. The van der Waals surface area contributed by atoms with Gasteiger partial charge in [0.25, 0.3) is 0 Å². The summed E-state index contributed by atoms with van der Waals surface area (Å²) in [7, 11) is -3.55. The van der Waals surface area contributed by atoms with E-state index in [-0.39, 0.29) is 28.5 Å². The highest BCUT2D eigenvalue weighted by atomic mass is 32.2. The van der Waals surface area contributed by atoms with Crippen molar-refractivity contribution in [2.45, 2.75) is 63.3 Å². The van der Waals surface area contributed by atoms with Gasteiger partial charge in [-0.2, -0.15) is 0 Å². The first-order valence-corrected chi connectivity index (χ1v) is 14.8. The molecule has 2 N–H and O–H groups in total. The van der Waals surface area contributed by atoms with Crippen LogP contribution in [0.3, 0.4) is 0 Å². The van der Waals surface area contributed by atoms with Gasteiger partial charge in [-0.3, -0.25) is 4.79 Å². The predicted molar refractivity (Wildman–Crippen MR) is 147 cm³/mol. The number of carbonyl (C=O) groups is 2. The van der Waals surface area contributed by atoms with Gasteiger partial charge in [0, 0.05) is 18.8 Å². The van der Waals surface area contributed by atoms with E-state index in [1.807, 2.05) is 44.2 Å². The summed E-state index contributed by atoms with van der Waals surface area (Å²) in [5.41, 5.74) is 1.63. The number of hydrogen-bond donors (Lipinski definition) is 2. The molecule has 0 unspecified atom stereocenters. The molecule has 3 rings (SSSR count). The van der Waals surface area contributed by atoms with E-state index in [2.05, 4.69) is 10.6 Å². The van der Waals surface area contributed by atoms with Crippen LogP contribution in [-0.2, 0) is 21.1 Å². The first kappa shape index (κ1) is 28.4. The molecule has 7 nitrogen and oxygen atoms in total. The molecule has 3 amide bonds. The largest absolute Gasteiger partial charge is 0.328 e. The second-order valence-corrected chi connectivity index (χ2v) is 12.0. The molecule has 1 atom stereocenters. The molecule has 37 heavy (non-hydrogen) atoms. The third kappa shape index (κ3) is 9.35. The Kier molecular flexibility index (Phi) is 10.7. The van der Waals surface area contributed by atoms with Crippen molar-refractivity contribution in [2.24, 2.45) is 5.92 Å². The van der Waals surface area contributed by atoms with E-state index >= 15 is 0 Å². The lowest BCUT2D eigenvalue weighted by molar-refractivity contribution is -0.122. The molecule has 1 heterocycles. The van der Waals surface area contributed by atoms with Gasteiger partial charge in [-0.15, -0.1) is 0 Å². The van der Waals surface area contributed by atoms with Crippen molar-refractivity contribution in [1.82, 2.24) is 15.5 Å². The fraction of sp³-hybridized carbons (Fsp3) is 0.448. The van der Waals surface area contributed by atoms with E-state index in [4.69, 9.17) is 0 Å². The first-order valence-electron chi connectivity index (χ1n) is 13.1. The molecular formula is C29H39N3O4S. The SMILES string of the molecule is CC(C)C[C@H](NC(=O)N1CCCCC1)C(=O)N/C(=C/CS(=O)(=O)c1ccccc1)CCc1ccccc1. The molecule has 1 saturated heterocycles. The van der Waals surface area contributed by atoms with Gasteiger partial charge in [0.05, 0.1) is 10.6 Å². The van der Waals surface area contributed by atoms with Crippen molar-refractivity contribution in [3.8, 4) is 0 Å². The second-order valence-electron chi connectivity index (χ2n) is 9.98. The van der Waals surface area contributed by atoms with Gasteiger partial charge >= 0.3 is 6.03 Å². The Bertz CT molecular complexity index is 1140. The van der Waals surface area contributed by atoms with Crippen LogP contribution >= 0.6 is 0 Å². The minimum Gasteiger partial charge on any atom is -0.328 e. The van der Waals surface area contributed by atoms with Gasteiger partial charge in [0.1, 0.15) is 6.04 Å². The topological polar surface area (TPSA) is 95.6 Å².